The number of rotatable bonds is 6. The largest absolute Gasteiger partial charge is 0.454 e. The third-order valence-corrected chi connectivity index (χ3v) is 7.11. The predicted molar refractivity (Wildman–Crippen MR) is 133 cm³/mol. The van der Waals surface area contributed by atoms with Crippen molar-refractivity contribution in [1.82, 2.24) is 0 Å². The van der Waals surface area contributed by atoms with E-state index in [4.69, 9.17) is 32.7 Å². The normalized spacial score (nSPS) is 12.7. The third kappa shape index (κ3) is 5.52. The molecule has 1 amide bonds. The fourth-order valence-corrected chi connectivity index (χ4v) is 4.57. The summed E-state index contributed by atoms with van der Waals surface area (Å²) in [5.74, 6) is 0.302. The van der Waals surface area contributed by atoms with Gasteiger partial charge in [0.25, 0.3) is 15.9 Å². The Balaban J connectivity index is 1.56. The zero-order valence-electron chi connectivity index (χ0n) is 18.1. The average Bonchev–Trinajstić information content (AvgIpc) is 3.29. The molecule has 1 aliphatic heterocycles. The van der Waals surface area contributed by atoms with E-state index in [0.717, 1.165) is 5.56 Å². The van der Waals surface area contributed by atoms with Gasteiger partial charge >= 0.3 is 0 Å². The molecule has 4 rings (SSSR count). The van der Waals surface area contributed by atoms with Crippen LogP contribution < -0.4 is 19.5 Å². The highest BCUT2D eigenvalue weighted by Crippen LogP contribution is 2.33. The molecular weight excluding hydrogens is 513 g/mol. The van der Waals surface area contributed by atoms with Gasteiger partial charge < -0.3 is 14.8 Å². The van der Waals surface area contributed by atoms with Gasteiger partial charge in [-0.05, 0) is 66.6 Å². The number of sulfonamides is 1. The van der Waals surface area contributed by atoms with Crippen LogP contribution >= 0.6 is 23.2 Å². The van der Waals surface area contributed by atoms with Crippen molar-refractivity contribution < 1.29 is 22.7 Å². The predicted octanol–water partition coefficient (Wildman–Crippen LogP) is 5.38. The molecule has 0 saturated heterocycles. The molecule has 0 unspecified atom stereocenters. The van der Waals surface area contributed by atoms with Crippen molar-refractivity contribution in [1.29, 1.82) is 5.26 Å². The Morgan fingerprint density at radius 2 is 1.80 bits per heavy atom. The lowest BCUT2D eigenvalue weighted by molar-refractivity contribution is -0.112. The second kappa shape index (κ2) is 9.88. The maximum Gasteiger partial charge on any atom is 0.266 e. The first-order valence-corrected chi connectivity index (χ1v) is 12.3. The molecule has 0 aromatic heterocycles. The molecule has 1 heterocycles. The number of aryl methyl sites for hydroxylation is 1. The van der Waals surface area contributed by atoms with Crippen molar-refractivity contribution >= 4 is 56.6 Å². The summed E-state index contributed by atoms with van der Waals surface area (Å²) in [5, 5.41) is 12.5. The number of nitrogens with one attached hydrogen (secondary N) is 2. The van der Waals surface area contributed by atoms with Gasteiger partial charge in [0.15, 0.2) is 11.5 Å². The molecule has 8 nitrogen and oxygen atoms in total. The minimum Gasteiger partial charge on any atom is -0.454 e. The topological polar surface area (TPSA) is 118 Å². The van der Waals surface area contributed by atoms with E-state index in [2.05, 4.69) is 10.0 Å². The van der Waals surface area contributed by atoms with Crippen molar-refractivity contribution in [2.75, 3.05) is 16.8 Å². The highest BCUT2D eigenvalue weighted by molar-refractivity contribution is 7.92. The second-order valence-corrected chi connectivity index (χ2v) is 9.94. The number of halogens is 2. The number of fused-ring (bicyclic) bond motifs is 1. The van der Waals surface area contributed by atoms with E-state index in [9.17, 15) is 18.5 Å². The summed E-state index contributed by atoms with van der Waals surface area (Å²) < 4.78 is 38.7. The van der Waals surface area contributed by atoms with E-state index in [-0.39, 0.29) is 33.7 Å². The molecule has 0 saturated carbocycles. The number of ether oxygens (including phenoxy) is 2. The van der Waals surface area contributed by atoms with Gasteiger partial charge in [0.2, 0.25) is 6.79 Å². The summed E-state index contributed by atoms with van der Waals surface area (Å²) in [6, 6.07) is 15.4. The number of carbonyl (C=O) groups excluding carboxylic acids is 1. The van der Waals surface area contributed by atoms with Crippen LogP contribution in [0.15, 0.2) is 65.1 Å². The fourth-order valence-electron chi connectivity index (χ4n) is 3.15. The molecule has 0 spiro atoms. The Hall–Kier alpha value is -3.71. The number of anilines is 2. The Labute approximate surface area is 211 Å². The number of nitrogens with zero attached hydrogens (tertiary/aromatic N) is 1. The Bertz CT molecular complexity index is 1510. The number of amides is 1. The summed E-state index contributed by atoms with van der Waals surface area (Å²) in [6.45, 7) is 1.89. The highest BCUT2D eigenvalue weighted by Gasteiger charge is 2.19. The Morgan fingerprint density at radius 3 is 2.54 bits per heavy atom. The number of hydrogen-bond donors (Lipinski definition) is 2. The van der Waals surface area contributed by atoms with Crippen LogP contribution in [0, 0.1) is 18.3 Å². The molecule has 35 heavy (non-hydrogen) atoms. The monoisotopic (exact) mass is 529 g/mol. The molecule has 0 aliphatic carbocycles. The summed E-state index contributed by atoms with van der Waals surface area (Å²) in [4.78, 5) is 12.6. The minimum atomic E-state index is -4.02. The number of benzene rings is 3. The molecule has 3 aromatic rings. The van der Waals surface area contributed by atoms with Crippen LogP contribution in [0.4, 0.5) is 11.4 Å². The molecule has 1 aliphatic rings. The third-order valence-electron chi connectivity index (χ3n) is 4.99. The van der Waals surface area contributed by atoms with Gasteiger partial charge in [0.05, 0.1) is 21.3 Å². The number of nitriles is 1. The van der Waals surface area contributed by atoms with Gasteiger partial charge in [0.1, 0.15) is 11.6 Å². The average molecular weight is 530 g/mol. The van der Waals surface area contributed by atoms with Crippen molar-refractivity contribution in [3.8, 4) is 17.6 Å². The van der Waals surface area contributed by atoms with Crippen LogP contribution in [0.25, 0.3) is 6.08 Å². The van der Waals surface area contributed by atoms with Crippen molar-refractivity contribution in [2.45, 2.75) is 11.8 Å². The molecule has 3 aromatic carbocycles. The molecule has 11 heteroatoms. The van der Waals surface area contributed by atoms with E-state index < -0.39 is 15.9 Å². The van der Waals surface area contributed by atoms with Crippen LogP contribution in [-0.2, 0) is 14.8 Å². The highest BCUT2D eigenvalue weighted by atomic mass is 35.5. The van der Waals surface area contributed by atoms with E-state index in [1.807, 2.05) is 6.07 Å². The van der Waals surface area contributed by atoms with E-state index in [1.165, 1.54) is 30.3 Å². The van der Waals surface area contributed by atoms with Gasteiger partial charge in [-0.2, -0.15) is 5.26 Å². The maximum atomic E-state index is 12.9. The lowest BCUT2D eigenvalue weighted by atomic mass is 10.1. The zero-order valence-corrected chi connectivity index (χ0v) is 20.5. The summed E-state index contributed by atoms with van der Waals surface area (Å²) in [5.41, 5.74) is 1.42. The van der Waals surface area contributed by atoms with Gasteiger partial charge in [-0.15, -0.1) is 0 Å². The van der Waals surface area contributed by atoms with Crippen molar-refractivity contribution in [2.24, 2.45) is 0 Å². The maximum absolute atomic E-state index is 12.9. The van der Waals surface area contributed by atoms with Crippen LogP contribution in [0.2, 0.25) is 10.0 Å². The zero-order chi connectivity index (χ0) is 25.2. The molecule has 0 fully saturated rings. The molecule has 0 atom stereocenters. The Kier molecular flexibility index (Phi) is 6.89. The van der Waals surface area contributed by atoms with E-state index in [1.54, 1.807) is 37.3 Å². The lowest BCUT2D eigenvalue weighted by Gasteiger charge is -2.12. The van der Waals surface area contributed by atoms with Crippen LogP contribution in [0.3, 0.4) is 0 Å². The smallest absolute Gasteiger partial charge is 0.266 e. The van der Waals surface area contributed by atoms with Gasteiger partial charge in [-0.3, -0.25) is 9.52 Å². The Morgan fingerprint density at radius 1 is 1.03 bits per heavy atom. The fraction of sp³-hybridized carbons (Fsp3) is 0.0833. The number of carbonyl (C=O) groups is 1. The van der Waals surface area contributed by atoms with Gasteiger partial charge in [-0.25, -0.2) is 8.42 Å². The summed E-state index contributed by atoms with van der Waals surface area (Å²) in [6.07, 6.45) is 1.37. The molecular formula is C24H17Cl2N3O5S. The molecule has 0 bridgehead atoms. The molecule has 2 N–H and O–H groups in total. The van der Waals surface area contributed by atoms with E-state index >= 15 is 0 Å². The second-order valence-electron chi connectivity index (χ2n) is 7.45. The molecule has 0 radical (unpaired) electrons. The van der Waals surface area contributed by atoms with Gasteiger partial charge in [0, 0.05) is 5.02 Å². The molecule has 178 valence electrons. The lowest BCUT2D eigenvalue weighted by Crippen LogP contribution is -2.16. The van der Waals surface area contributed by atoms with Crippen LogP contribution in [0.1, 0.15) is 11.1 Å². The standard InChI is InChI=1S/C24H17Cl2N3O5S/c1-14-2-4-17(10-20(14)26)29-35(31,32)18-5-6-19(25)21(11-18)28-24(30)16(12-27)8-15-3-7-22-23(9-15)34-13-33-22/h2-11,29H,13H2,1H3,(H,28,30)/b16-8+. The van der Waals surface area contributed by atoms with Crippen molar-refractivity contribution in [3.05, 3.63) is 81.3 Å². The first kappa shape index (κ1) is 24.4. The van der Waals surface area contributed by atoms with Crippen LogP contribution in [0.5, 0.6) is 11.5 Å². The van der Waals surface area contributed by atoms with Crippen LogP contribution in [-0.4, -0.2) is 21.1 Å². The van der Waals surface area contributed by atoms with Crippen molar-refractivity contribution in [3.63, 3.8) is 0 Å². The summed E-state index contributed by atoms with van der Waals surface area (Å²) >= 11 is 12.3. The first-order chi connectivity index (χ1) is 16.7. The number of hydrogen-bond acceptors (Lipinski definition) is 6. The minimum absolute atomic E-state index is 0.0216. The first-order valence-electron chi connectivity index (χ1n) is 10.1. The summed E-state index contributed by atoms with van der Waals surface area (Å²) in [7, 11) is -4.02. The SMILES string of the molecule is Cc1ccc(NS(=O)(=O)c2ccc(Cl)c(NC(=O)/C(C#N)=C/c3ccc4c(c3)OCO4)c2)cc1Cl. The van der Waals surface area contributed by atoms with E-state index in [0.29, 0.717) is 22.1 Å². The quantitative estimate of drug-likeness (QED) is 0.327. The van der Waals surface area contributed by atoms with Gasteiger partial charge in [-0.1, -0.05) is 35.3 Å².